The van der Waals surface area contributed by atoms with E-state index in [9.17, 15) is 4.39 Å². The van der Waals surface area contributed by atoms with E-state index in [0.29, 0.717) is 6.54 Å². The Labute approximate surface area is 194 Å². The largest absolute Gasteiger partial charge is 0.356 e. The second-order valence-corrected chi connectivity index (χ2v) is 6.93. The van der Waals surface area contributed by atoms with Gasteiger partial charge in [-0.25, -0.2) is 9.07 Å². The fraction of sp³-hybridized carbons (Fsp3) is 0.304. The lowest BCUT2D eigenvalue weighted by Gasteiger charge is -2.11. The SMILES string of the molecule is CN=C(NCCCc1cn(-c2ccccc2)nc1C)NCCc1cccc(F)c1.I. The van der Waals surface area contributed by atoms with E-state index < -0.39 is 0 Å². The van der Waals surface area contributed by atoms with Gasteiger partial charge in [-0.3, -0.25) is 4.99 Å². The maximum absolute atomic E-state index is 13.2. The van der Waals surface area contributed by atoms with Crippen LogP contribution in [0.4, 0.5) is 4.39 Å². The molecule has 2 aromatic carbocycles. The van der Waals surface area contributed by atoms with Crippen LogP contribution in [-0.2, 0) is 12.8 Å². The smallest absolute Gasteiger partial charge is 0.190 e. The number of hydrogen-bond donors (Lipinski definition) is 2. The van der Waals surface area contributed by atoms with Crippen molar-refractivity contribution in [3.63, 3.8) is 0 Å². The highest BCUT2D eigenvalue weighted by Gasteiger charge is 2.06. The minimum Gasteiger partial charge on any atom is -0.356 e. The molecule has 0 aliphatic carbocycles. The van der Waals surface area contributed by atoms with Gasteiger partial charge in [0.25, 0.3) is 0 Å². The maximum atomic E-state index is 13.2. The average Bonchev–Trinajstić information content (AvgIpc) is 3.11. The fourth-order valence-electron chi connectivity index (χ4n) is 3.18. The molecule has 2 N–H and O–H groups in total. The lowest BCUT2D eigenvalue weighted by molar-refractivity contribution is 0.625. The number of hydrogen-bond acceptors (Lipinski definition) is 2. The lowest BCUT2D eigenvalue weighted by Crippen LogP contribution is -2.38. The number of benzene rings is 2. The first-order valence-corrected chi connectivity index (χ1v) is 9.95. The van der Waals surface area contributed by atoms with Crippen molar-refractivity contribution in [2.24, 2.45) is 4.99 Å². The van der Waals surface area contributed by atoms with Gasteiger partial charge in [0.05, 0.1) is 11.4 Å². The number of aryl methyl sites for hydroxylation is 2. The molecule has 0 aliphatic rings. The van der Waals surface area contributed by atoms with Gasteiger partial charge < -0.3 is 10.6 Å². The van der Waals surface area contributed by atoms with Crippen molar-refractivity contribution in [1.29, 1.82) is 0 Å². The monoisotopic (exact) mass is 521 g/mol. The normalized spacial score (nSPS) is 11.1. The minimum atomic E-state index is -0.198. The molecule has 0 atom stereocenters. The zero-order valence-electron chi connectivity index (χ0n) is 17.4. The molecule has 0 unspecified atom stereocenters. The van der Waals surface area contributed by atoms with E-state index in [1.165, 1.54) is 11.6 Å². The van der Waals surface area contributed by atoms with Crippen LogP contribution in [-0.4, -0.2) is 35.9 Å². The predicted octanol–water partition coefficient (Wildman–Crippen LogP) is 4.28. The van der Waals surface area contributed by atoms with Crippen molar-refractivity contribution in [3.05, 3.63) is 83.4 Å². The van der Waals surface area contributed by atoms with Gasteiger partial charge >= 0.3 is 0 Å². The van der Waals surface area contributed by atoms with Crippen LogP contribution in [0.15, 0.2) is 65.8 Å². The summed E-state index contributed by atoms with van der Waals surface area (Å²) in [5.41, 5.74) is 4.36. The van der Waals surface area contributed by atoms with Crippen LogP contribution in [0.5, 0.6) is 0 Å². The van der Waals surface area contributed by atoms with E-state index in [-0.39, 0.29) is 29.8 Å². The fourth-order valence-corrected chi connectivity index (χ4v) is 3.18. The van der Waals surface area contributed by atoms with Gasteiger partial charge in [0.15, 0.2) is 5.96 Å². The van der Waals surface area contributed by atoms with Gasteiger partial charge in [-0.2, -0.15) is 5.10 Å². The van der Waals surface area contributed by atoms with Gasteiger partial charge in [0.2, 0.25) is 0 Å². The molecule has 0 radical (unpaired) electrons. The van der Waals surface area contributed by atoms with Crippen molar-refractivity contribution >= 4 is 29.9 Å². The summed E-state index contributed by atoms with van der Waals surface area (Å²) in [4.78, 5) is 4.25. The Morgan fingerprint density at radius 2 is 1.80 bits per heavy atom. The quantitative estimate of drug-likeness (QED) is 0.202. The number of rotatable bonds is 8. The zero-order valence-corrected chi connectivity index (χ0v) is 19.8. The summed E-state index contributed by atoms with van der Waals surface area (Å²) in [6.45, 7) is 3.57. The highest BCUT2D eigenvalue weighted by atomic mass is 127. The summed E-state index contributed by atoms with van der Waals surface area (Å²) < 4.78 is 15.2. The molecular weight excluding hydrogens is 492 g/mol. The Kier molecular flexibility index (Phi) is 9.79. The summed E-state index contributed by atoms with van der Waals surface area (Å²) >= 11 is 0. The van der Waals surface area contributed by atoms with Crippen molar-refractivity contribution in [1.82, 2.24) is 20.4 Å². The second kappa shape index (κ2) is 12.3. The van der Waals surface area contributed by atoms with Crippen LogP contribution in [0.2, 0.25) is 0 Å². The van der Waals surface area contributed by atoms with E-state index in [0.717, 1.165) is 48.7 Å². The molecule has 7 heteroatoms. The van der Waals surface area contributed by atoms with E-state index in [1.54, 1.807) is 19.2 Å². The Morgan fingerprint density at radius 1 is 1.03 bits per heavy atom. The molecule has 0 bridgehead atoms. The zero-order chi connectivity index (χ0) is 20.5. The van der Waals surface area contributed by atoms with Crippen LogP contribution in [0.1, 0.15) is 23.2 Å². The van der Waals surface area contributed by atoms with Crippen LogP contribution in [0.25, 0.3) is 5.69 Å². The van der Waals surface area contributed by atoms with Gasteiger partial charge in [-0.15, -0.1) is 24.0 Å². The molecule has 0 saturated heterocycles. The first-order valence-electron chi connectivity index (χ1n) is 9.95. The van der Waals surface area contributed by atoms with Gasteiger partial charge in [0.1, 0.15) is 5.82 Å². The highest BCUT2D eigenvalue weighted by Crippen LogP contribution is 2.13. The molecule has 0 spiro atoms. The molecule has 0 amide bonds. The number of aliphatic imine (C=N–C) groups is 1. The first-order chi connectivity index (χ1) is 14.2. The van der Waals surface area contributed by atoms with Crippen LogP contribution >= 0.6 is 24.0 Å². The molecule has 5 nitrogen and oxygen atoms in total. The molecule has 3 aromatic rings. The minimum absolute atomic E-state index is 0. The summed E-state index contributed by atoms with van der Waals surface area (Å²) in [7, 11) is 1.76. The number of nitrogens with zero attached hydrogens (tertiary/aromatic N) is 3. The van der Waals surface area contributed by atoms with E-state index >= 15 is 0 Å². The molecule has 3 rings (SSSR count). The van der Waals surface area contributed by atoms with Crippen LogP contribution < -0.4 is 10.6 Å². The van der Waals surface area contributed by atoms with Crippen molar-refractivity contribution in [3.8, 4) is 5.69 Å². The van der Waals surface area contributed by atoms with Crippen LogP contribution in [0, 0.1) is 12.7 Å². The molecule has 0 fully saturated rings. The molecule has 160 valence electrons. The van der Waals surface area contributed by atoms with E-state index in [2.05, 4.69) is 46.0 Å². The highest BCUT2D eigenvalue weighted by molar-refractivity contribution is 14.0. The average molecular weight is 521 g/mol. The molecule has 0 aliphatic heterocycles. The number of aromatic nitrogens is 2. The first kappa shape index (κ1) is 23.9. The van der Waals surface area contributed by atoms with Crippen molar-refractivity contribution in [2.45, 2.75) is 26.2 Å². The summed E-state index contributed by atoms with van der Waals surface area (Å²) in [6, 6.07) is 16.8. The number of nitrogens with one attached hydrogen (secondary N) is 2. The summed E-state index contributed by atoms with van der Waals surface area (Å²) in [5, 5.41) is 11.2. The van der Waals surface area contributed by atoms with Crippen molar-refractivity contribution in [2.75, 3.05) is 20.1 Å². The third-order valence-corrected chi connectivity index (χ3v) is 4.76. The Hall–Kier alpha value is -2.42. The molecular formula is C23H29FIN5. The standard InChI is InChI=1S/C23H28FN5.HI/c1-18-20(17-29(28-18)22-11-4-3-5-12-22)9-7-14-26-23(25-2)27-15-13-19-8-6-10-21(24)16-19;/h3-6,8,10-12,16-17H,7,9,13-15H2,1-2H3,(H2,25,26,27);1H. The van der Waals surface area contributed by atoms with E-state index in [1.807, 2.05) is 28.9 Å². The number of para-hydroxylation sites is 1. The molecule has 30 heavy (non-hydrogen) atoms. The van der Waals surface area contributed by atoms with Crippen molar-refractivity contribution < 1.29 is 4.39 Å². The third kappa shape index (κ3) is 7.12. The van der Waals surface area contributed by atoms with Gasteiger partial charge in [-0.1, -0.05) is 30.3 Å². The summed E-state index contributed by atoms with van der Waals surface area (Å²) in [6.07, 6.45) is 4.78. The molecule has 0 saturated carbocycles. The second-order valence-electron chi connectivity index (χ2n) is 6.93. The summed E-state index contributed by atoms with van der Waals surface area (Å²) in [5.74, 6) is 0.564. The molecule has 1 aromatic heterocycles. The predicted molar refractivity (Wildman–Crippen MR) is 132 cm³/mol. The van der Waals surface area contributed by atoms with Gasteiger partial charge in [0, 0.05) is 26.3 Å². The lowest BCUT2D eigenvalue weighted by atomic mass is 10.1. The molecule has 1 heterocycles. The third-order valence-electron chi connectivity index (χ3n) is 4.76. The Bertz CT molecular complexity index is 940. The van der Waals surface area contributed by atoms with Crippen LogP contribution in [0.3, 0.4) is 0 Å². The topological polar surface area (TPSA) is 54.2 Å². The maximum Gasteiger partial charge on any atom is 0.190 e. The van der Waals surface area contributed by atoms with E-state index in [4.69, 9.17) is 0 Å². The van der Waals surface area contributed by atoms with Gasteiger partial charge in [-0.05, 0) is 61.6 Å². The Morgan fingerprint density at radius 3 is 2.53 bits per heavy atom. The number of halogens is 2. The number of guanidine groups is 1. The Balaban J connectivity index is 0.00000320.